The zero-order valence-corrected chi connectivity index (χ0v) is 15.3. The van der Waals surface area contributed by atoms with Gasteiger partial charge in [0.15, 0.2) is 0 Å². The average molecular weight is 397 g/mol. The van der Waals surface area contributed by atoms with Crippen molar-refractivity contribution in [3.63, 3.8) is 0 Å². The van der Waals surface area contributed by atoms with Gasteiger partial charge in [0.25, 0.3) is 5.91 Å². The third-order valence-electron chi connectivity index (χ3n) is 3.80. The number of nitrogens with one attached hydrogen (secondary N) is 1. The summed E-state index contributed by atoms with van der Waals surface area (Å²) in [6.07, 6.45) is 1.63. The van der Waals surface area contributed by atoms with E-state index in [9.17, 15) is 24.3 Å². The maximum atomic E-state index is 12.4. The van der Waals surface area contributed by atoms with Gasteiger partial charge < -0.3 is 15.2 Å². The fraction of sp³-hybridized carbons (Fsp3) is 0.400. The van der Waals surface area contributed by atoms with E-state index in [2.05, 4.69) is 10.3 Å². The Balaban J connectivity index is 1.73. The number of thioether (sulfide) groups is 1. The number of carbonyl (C=O) groups excluding carboxylic acids is 3. The van der Waals surface area contributed by atoms with Crippen LogP contribution in [0.4, 0.5) is 0 Å². The lowest BCUT2D eigenvalue weighted by Gasteiger charge is -2.49. The van der Waals surface area contributed by atoms with Crippen molar-refractivity contribution in [2.75, 3.05) is 12.4 Å². The lowest BCUT2D eigenvalue weighted by molar-refractivity contribution is -0.151. The first-order valence-electron chi connectivity index (χ1n) is 7.70. The van der Waals surface area contributed by atoms with E-state index in [1.165, 1.54) is 23.1 Å². The number of hydrogen-bond donors (Lipinski definition) is 2. The van der Waals surface area contributed by atoms with E-state index in [1.807, 2.05) is 0 Å². The van der Waals surface area contributed by atoms with Crippen LogP contribution in [0, 0.1) is 0 Å². The highest BCUT2D eigenvalue weighted by Gasteiger charge is 2.55. The molecule has 0 spiro atoms. The van der Waals surface area contributed by atoms with Gasteiger partial charge in [-0.1, -0.05) is 0 Å². The Morgan fingerprint density at radius 3 is 2.85 bits per heavy atom. The molecule has 138 valence electrons. The van der Waals surface area contributed by atoms with Crippen LogP contribution in [0.25, 0.3) is 0 Å². The first-order chi connectivity index (χ1) is 12.4. The molecule has 2 amide bonds. The molecule has 0 radical (unpaired) electrons. The predicted molar refractivity (Wildman–Crippen MR) is 92.1 cm³/mol. The van der Waals surface area contributed by atoms with Gasteiger partial charge >= 0.3 is 11.9 Å². The Hall–Kier alpha value is -2.40. The highest BCUT2D eigenvalue weighted by molar-refractivity contribution is 8.00. The van der Waals surface area contributed by atoms with Crippen molar-refractivity contribution >= 4 is 46.9 Å². The topological polar surface area (TPSA) is 126 Å². The standard InChI is InChI=1S/C15H15N3O6S2/c1-2-24-15(23)7-6-26-13-10(12(20)18(13)11(7)14(21)22)17-8(19)5-9-16-3-4-25-9/h3-4,10,13H,2,5-6H2,1H3,(H,17,19)(H,21,22)/t10?,13-/m0/s1. The van der Waals surface area contributed by atoms with E-state index >= 15 is 0 Å². The quantitative estimate of drug-likeness (QED) is 0.507. The third kappa shape index (κ3) is 3.31. The minimum absolute atomic E-state index is 0.0501. The molecule has 1 fully saturated rings. The number of thiazole rings is 1. The van der Waals surface area contributed by atoms with Gasteiger partial charge in [-0.05, 0) is 6.92 Å². The van der Waals surface area contributed by atoms with E-state index in [-0.39, 0.29) is 36.0 Å². The van der Waals surface area contributed by atoms with Crippen molar-refractivity contribution in [3.05, 3.63) is 27.9 Å². The van der Waals surface area contributed by atoms with Crippen LogP contribution in [0.5, 0.6) is 0 Å². The molecule has 2 atom stereocenters. The molecule has 1 aromatic heterocycles. The number of amides is 2. The van der Waals surface area contributed by atoms with Crippen LogP contribution in [0.1, 0.15) is 11.9 Å². The smallest absolute Gasteiger partial charge is 0.353 e. The summed E-state index contributed by atoms with van der Waals surface area (Å²) in [6, 6.07) is -0.828. The van der Waals surface area contributed by atoms with Crippen LogP contribution in [-0.2, 0) is 30.3 Å². The molecule has 3 heterocycles. The molecule has 3 rings (SSSR count). The molecular formula is C15H15N3O6S2. The molecule has 2 aliphatic rings. The van der Waals surface area contributed by atoms with Gasteiger partial charge in [-0.25, -0.2) is 14.6 Å². The molecular weight excluding hydrogens is 382 g/mol. The highest BCUT2D eigenvalue weighted by Crippen LogP contribution is 2.40. The summed E-state index contributed by atoms with van der Waals surface area (Å²) in [5.41, 5.74) is -0.427. The second-order valence-electron chi connectivity index (χ2n) is 5.41. The number of β-lactam (4-membered cyclic amide) rings is 1. The van der Waals surface area contributed by atoms with Crippen molar-refractivity contribution in [3.8, 4) is 0 Å². The number of aromatic nitrogens is 1. The molecule has 0 aliphatic carbocycles. The van der Waals surface area contributed by atoms with Gasteiger partial charge in [0.1, 0.15) is 22.1 Å². The van der Waals surface area contributed by atoms with E-state index in [0.717, 1.165) is 4.90 Å². The Morgan fingerprint density at radius 1 is 1.46 bits per heavy atom. The summed E-state index contributed by atoms with van der Waals surface area (Å²) >= 11 is 2.54. The van der Waals surface area contributed by atoms with Gasteiger partial charge in [-0.2, -0.15) is 0 Å². The Kier molecular flexibility index (Phi) is 5.28. The van der Waals surface area contributed by atoms with Crippen molar-refractivity contribution < 1.29 is 29.0 Å². The first kappa shape index (κ1) is 18.4. The van der Waals surface area contributed by atoms with Crippen molar-refractivity contribution in [1.29, 1.82) is 0 Å². The van der Waals surface area contributed by atoms with Crippen LogP contribution in [0.2, 0.25) is 0 Å². The van der Waals surface area contributed by atoms with E-state index < -0.39 is 29.3 Å². The summed E-state index contributed by atoms with van der Waals surface area (Å²) in [6.45, 7) is 1.72. The second kappa shape index (κ2) is 7.46. The van der Waals surface area contributed by atoms with E-state index in [4.69, 9.17) is 4.74 Å². The number of aliphatic carboxylic acids is 1. The van der Waals surface area contributed by atoms with Crippen LogP contribution >= 0.6 is 23.1 Å². The summed E-state index contributed by atoms with van der Waals surface area (Å²) < 4.78 is 4.87. The number of hydrogen-bond acceptors (Lipinski definition) is 8. The van der Waals surface area contributed by atoms with Crippen LogP contribution in [-0.4, -0.2) is 62.5 Å². The van der Waals surface area contributed by atoms with E-state index in [1.54, 1.807) is 18.5 Å². The number of carboxylic acid groups (broad SMARTS) is 1. The molecule has 1 unspecified atom stereocenters. The number of rotatable bonds is 6. The molecule has 1 aromatic rings. The molecule has 2 N–H and O–H groups in total. The molecule has 1 saturated heterocycles. The fourth-order valence-corrected chi connectivity index (χ4v) is 4.64. The Labute approximate surface area is 156 Å². The largest absolute Gasteiger partial charge is 0.477 e. The van der Waals surface area contributed by atoms with Gasteiger partial charge in [-0.15, -0.1) is 23.1 Å². The zero-order valence-electron chi connectivity index (χ0n) is 13.6. The number of fused-ring (bicyclic) bond motifs is 1. The summed E-state index contributed by atoms with van der Waals surface area (Å²) in [5, 5.41) is 13.9. The minimum Gasteiger partial charge on any atom is -0.477 e. The fourth-order valence-electron chi connectivity index (χ4n) is 2.70. The maximum absolute atomic E-state index is 12.4. The maximum Gasteiger partial charge on any atom is 0.353 e. The molecule has 0 aromatic carbocycles. The summed E-state index contributed by atoms with van der Waals surface area (Å²) in [7, 11) is 0. The number of carbonyl (C=O) groups is 4. The second-order valence-corrected chi connectivity index (χ2v) is 7.49. The third-order valence-corrected chi connectivity index (χ3v) is 5.86. The van der Waals surface area contributed by atoms with Crippen LogP contribution in [0.15, 0.2) is 22.8 Å². The summed E-state index contributed by atoms with van der Waals surface area (Å²) in [4.78, 5) is 53.1. The predicted octanol–water partition coefficient (Wildman–Crippen LogP) is -0.0127. The lowest BCUT2D eigenvalue weighted by atomic mass is 10.0. The van der Waals surface area contributed by atoms with Crippen molar-refractivity contribution in [1.82, 2.24) is 15.2 Å². The Bertz CT molecular complexity index is 791. The van der Waals surface area contributed by atoms with Crippen LogP contribution in [0.3, 0.4) is 0 Å². The molecule has 0 saturated carbocycles. The molecule has 9 nitrogen and oxygen atoms in total. The van der Waals surface area contributed by atoms with Gasteiger partial charge in [0.05, 0.1) is 18.6 Å². The van der Waals surface area contributed by atoms with Crippen LogP contribution < -0.4 is 5.32 Å². The van der Waals surface area contributed by atoms with Crippen molar-refractivity contribution in [2.24, 2.45) is 0 Å². The lowest BCUT2D eigenvalue weighted by Crippen LogP contribution is -2.70. The zero-order chi connectivity index (χ0) is 18.8. The molecule has 11 heteroatoms. The normalized spacial score (nSPS) is 21.7. The van der Waals surface area contributed by atoms with Gasteiger partial charge in [0, 0.05) is 17.3 Å². The monoisotopic (exact) mass is 397 g/mol. The van der Waals surface area contributed by atoms with Gasteiger partial charge in [0.2, 0.25) is 5.91 Å². The van der Waals surface area contributed by atoms with Crippen molar-refractivity contribution in [2.45, 2.75) is 24.8 Å². The molecule has 2 aliphatic heterocycles. The average Bonchev–Trinajstić information content (AvgIpc) is 3.11. The highest BCUT2D eigenvalue weighted by atomic mass is 32.2. The molecule has 0 bridgehead atoms. The first-order valence-corrected chi connectivity index (χ1v) is 9.62. The Morgan fingerprint density at radius 2 is 2.23 bits per heavy atom. The molecule has 26 heavy (non-hydrogen) atoms. The van der Waals surface area contributed by atoms with E-state index in [0.29, 0.717) is 5.01 Å². The summed E-state index contributed by atoms with van der Waals surface area (Å²) in [5.74, 6) is -2.96. The number of carboxylic acids is 1. The number of esters is 1. The number of ether oxygens (including phenoxy) is 1. The SMILES string of the molecule is CCOC(=O)C1=C(C(=O)O)N2C(=O)C(NC(=O)Cc3nccs3)[C@@H]2SC1. The van der Waals surface area contributed by atoms with Gasteiger partial charge in [-0.3, -0.25) is 14.5 Å². The minimum atomic E-state index is -1.38. The number of nitrogens with zero attached hydrogens (tertiary/aromatic N) is 2.